The van der Waals surface area contributed by atoms with Crippen molar-refractivity contribution >= 4 is 29.3 Å². The number of hydrogen-bond acceptors (Lipinski definition) is 3. The van der Waals surface area contributed by atoms with Crippen molar-refractivity contribution in [2.75, 3.05) is 13.1 Å². The Balaban J connectivity index is 0.00000208. The van der Waals surface area contributed by atoms with Crippen LogP contribution in [-0.4, -0.2) is 34.6 Å². The summed E-state index contributed by atoms with van der Waals surface area (Å²) in [4.78, 5) is 16.7. The van der Waals surface area contributed by atoms with E-state index in [4.69, 9.17) is 0 Å². The van der Waals surface area contributed by atoms with Crippen molar-refractivity contribution < 1.29 is 9.18 Å². The standard InChI is InChI=1S/C17H23FN4O.ClH/c1-11-9-12(5-7-19-11)17(23)20-8-6-16-21-14-4-3-13(18)10-15(14)22(16)2;/h3-4,10-12,19H,5-9H2,1-2H3,(H,20,23);1H/t11-,12-;/m0./s1. The van der Waals surface area contributed by atoms with Gasteiger partial charge in [-0.25, -0.2) is 9.37 Å². The van der Waals surface area contributed by atoms with Gasteiger partial charge >= 0.3 is 0 Å². The number of benzene rings is 1. The van der Waals surface area contributed by atoms with E-state index in [2.05, 4.69) is 22.5 Å². The van der Waals surface area contributed by atoms with Crippen LogP contribution in [0.25, 0.3) is 11.0 Å². The summed E-state index contributed by atoms with van der Waals surface area (Å²) in [6.45, 7) is 3.56. The maximum Gasteiger partial charge on any atom is 0.223 e. The Morgan fingerprint density at radius 2 is 2.29 bits per heavy atom. The number of nitrogens with one attached hydrogen (secondary N) is 2. The molecule has 1 saturated heterocycles. The first-order chi connectivity index (χ1) is 11.0. The number of carbonyl (C=O) groups is 1. The highest BCUT2D eigenvalue weighted by molar-refractivity contribution is 5.85. The number of fused-ring (bicyclic) bond motifs is 1. The van der Waals surface area contributed by atoms with Crippen molar-refractivity contribution in [1.82, 2.24) is 20.2 Å². The fraction of sp³-hybridized carbons (Fsp3) is 0.529. The molecule has 3 rings (SSSR count). The van der Waals surface area contributed by atoms with E-state index in [0.717, 1.165) is 36.2 Å². The number of imidazole rings is 1. The molecule has 5 nitrogen and oxygen atoms in total. The number of piperidine rings is 1. The van der Waals surface area contributed by atoms with Gasteiger partial charge in [0.05, 0.1) is 11.0 Å². The molecule has 0 spiro atoms. The largest absolute Gasteiger partial charge is 0.355 e. The van der Waals surface area contributed by atoms with Gasteiger partial charge in [-0.1, -0.05) is 0 Å². The highest BCUT2D eigenvalue weighted by Crippen LogP contribution is 2.17. The zero-order valence-electron chi connectivity index (χ0n) is 14.0. The molecule has 132 valence electrons. The van der Waals surface area contributed by atoms with Crippen LogP contribution in [0.1, 0.15) is 25.6 Å². The predicted molar refractivity (Wildman–Crippen MR) is 94.8 cm³/mol. The van der Waals surface area contributed by atoms with E-state index < -0.39 is 0 Å². The lowest BCUT2D eigenvalue weighted by Crippen LogP contribution is -2.42. The van der Waals surface area contributed by atoms with Crippen LogP contribution in [0.2, 0.25) is 0 Å². The molecular formula is C17H24ClFN4O. The third-order valence-corrected chi connectivity index (χ3v) is 4.58. The SMILES string of the molecule is C[C@H]1C[C@@H](C(=O)NCCc2nc3ccc(F)cc3n2C)CCN1.Cl. The molecule has 2 aromatic rings. The molecule has 1 aromatic heterocycles. The summed E-state index contributed by atoms with van der Waals surface area (Å²) in [6, 6.07) is 4.98. The van der Waals surface area contributed by atoms with E-state index in [1.54, 1.807) is 6.07 Å². The highest BCUT2D eigenvalue weighted by Gasteiger charge is 2.24. The maximum atomic E-state index is 13.3. The van der Waals surface area contributed by atoms with Crippen LogP contribution in [0.3, 0.4) is 0 Å². The minimum Gasteiger partial charge on any atom is -0.355 e. The minimum atomic E-state index is -0.264. The average Bonchev–Trinajstić information content (AvgIpc) is 2.83. The van der Waals surface area contributed by atoms with Gasteiger partial charge in [-0.3, -0.25) is 4.79 Å². The van der Waals surface area contributed by atoms with E-state index in [9.17, 15) is 9.18 Å². The van der Waals surface area contributed by atoms with Crippen molar-refractivity contribution in [3.05, 3.63) is 29.8 Å². The number of amides is 1. The Morgan fingerprint density at radius 1 is 1.50 bits per heavy atom. The van der Waals surface area contributed by atoms with Crippen molar-refractivity contribution in [3.8, 4) is 0 Å². The second-order valence-electron chi connectivity index (χ2n) is 6.34. The van der Waals surface area contributed by atoms with Crippen molar-refractivity contribution in [3.63, 3.8) is 0 Å². The molecule has 2 atom stereocenters. The first-order valence-corrected chi connectivity index (χ1v) is 8.16. The molecule has 7 heteroatoms. The van der Waals surface area contributed by atoms with Crippen molar-refractivity contribution in [2.45, 2.75) is 32.2 Å². The lowest BCUT2D eigenvalue weighted by atomic mass is 9.92. The third-order valence-electron chi connectivity index (χ3n) is 4.58. The van der Waals surface area contributed by atoms with E-state index in [0.29, 0.717) is 19.0 Å². The van der Waals surface area contributed by atoms with Crippen molar-refractivity contribution in [1.29, 1.82) is 0 Å². The fourth-order valence-electron chi connectivity index (χ4n) is 3.25. The number of rotatable bonds is 4. The van der Waals surface area contributed by atoms with Crippen LogP contribution < -0.4 is 10.6 Å². The third kappa shape index (κ3) is 4.05. The van der Waals surface area contributed by atoms with E-state index in [1.807, 2.05) is 11.6 Å². The first-order valence-electron chi connectivity index (χ1n) is 8.16. The monoisotopic (exact) mass is 354 g/mol. The molecule has 0 saturated carbocycles. The molecule has 0 aliphatic carbocycles. The predicted octanol–water partition coefficient (Wildman–Crippen LogP) is 2.18. The summed E-state index contributed by atoms with van der Waals surface area (Å²) in [5.41, 5.74) is 1.56. The molecule has 1 aromatic carbocycles. The Hall–Kier alpha value is -1.66. The number of aromatic nitrogens is 2. The lowest BCUT2D eigenvalue weighted by Gasteiger charge is -2.27. The Bertz CT molecular complexity index is 718. The van der Waals surface area contributed by atoms with Crippen LogP contribution in [0.4, 0.5) is 4.39 Å². The van der Waals surface area contributed by atoms with Gasteiger partial charge in [0, 0.05) is 32.0 Å². The van der Waals surface area contributed by atoms with Crippen LogP contribution in [0.15, 0.2) is 18.2 Å². The van der Waals surface area contributed by atoms with Gasteiger partial charge in [-0.2, -0.15) is 0 Å². The van der Waals surface area contributed by atoms with Gasteiger partial charge in [0.15, 0.2) is 0 Å². The van der Waals surface area contributed by atoms with Gasteiger partial charge < -0.3 is 15.2 Å². The van der Waals surface area contributed by atoms with Gasteiger partial charge in [0.2, 0.25) is 5.91 Å². The zero-order chi connectivity index (χ0) is 16.4. The van der Waals surface area contributed by atoms with Crippen LogP contribution in [0.5, 0.6) is 0 Å². The van der Waals surface area contributed by atoms with Crippen LogP contribution in [0, 0.1) is 11.7 Å². The number of nitrogens with zero attached hydrogens (tertiary/aromatic N) is 2. The number of carbonyl (C=O) groups excluding carboxylic acids is 1. The molecule has 0 unspecified atom stereocenters. The molecule has 1 amide bonds. The summed E-state index contributed by atoms with van der Waals surface area (Å²) in [5, 5.41) is 6.36. The van der Waals surface area contributed by atoms with E-state index >= 15 is 0 Å². The number of aryl methyl sites for hydroxylation is 1. The molecule has 1 aliphatic heterocycles. The molecule has 2 N–H and O–H groups in total. The highest BCUT2D eigenvalue weighted by atomic mass is 35.5. The summed E-state index contributed by atoms with van der Waals surface area (Å²) in [5.74, 6) is 0.814. The molecule has 0 radical (unpaired) electrons. The summed E-state index contributed by atoms with van der Waals surface area (Å²) in [6.07, 6.45) is 2.41. The van der Waals surface area contributed by atoms with Gasteiger partial charge in [-0.05, 0) is 44.5 Å². The van der Waals surface area contributed by atoms with Crippen molar-refractivity contribution in [2.24, 2.45) is 13.0 Å². The molecule has 1 aliphatic rings. The summed E-state index contributed by atoms with van der Waals surface area (Å²) >= 11 is 0. The van der Waals surface area contributed by atoms with Gasteiger partial charge in [-0.15, -0.1) is 12.4 Å². The minimum absolute atomic E-state index is 0. The number of halogens is 2. The second kappa shape index (κ2) is 7.94. The average molecular weight is 355 g/mol. The molecule has 24 heavy (non-hydrogen) atoms. The molecular weight excluding hydrogens is 331 g/mol. The lowest BCUT2D eigenvalue weighted by molar-refractivity contribution is -0.126. The second-order valence-corrected chi connectivity index (χ2v) is 6.34. The van der Waals surface area contributed by atoms with Gasteiger partial charge in [0.1, 0.15) is 11.6 Å². The van der Waals surface area contributed by atoms with Crippen LogP contribution >= 0.6 is 12.4 Å². The quantitative estimate of drug-likeness (QED) is 0.884. The topological polar surface area (TPSA) is 59.0 Å². The summed E-state index contributed by atoms with van der Waals surface area (Å²) < 4.78 is 15.2. The van der Waals surface area contributed by atoms with Crippen LogP contribution in [-0.2, 0) is 18.3 Å². The number of hydrogen-bond donors (Lipinski definition) is 2. The normalized spacial score (nSPS) is 20.6. The molecule has 2 heterocycles. The first kappa shape index (κ1) is 18.7. The maximum absolute atomic E-state index is 13.3. The smallest absolute Gasteiger partial charge is 0.223 e. The van der Waals surface area contributed by atoms with E-state index in [-0.39, 0.29) is 30.0 Å². The Kier molecular flexibility index (Phi) is 6.18. The summed E-state index contributed by atoms with van der Waals surface area (Å²) in [7, 11) is 1.88. The van der Waals surface area contributed by atoms with E-state index in [1.165, 1.54) is 12.1 Å². The molecule has 0 bridgehead atoms. The Morgan fingerprint density at radius 3 is 3.04 bits per heavy atom. The Labute approximate surface area is 147 Å². The van der Waals surface area contributed by atoms with Gasteiger partial charge in [0.25, 0.3) is 0 Å². The zero-order valence-corrected chi connectivity index (χ0v) is 14.8. The molecule has 1 fully saturated rings. The fourth-order valence-corrected chi connectivity index (χ4v) is 3.25.